The van der Waals surface area contributed by atoms with Crippen molar-refractivity contribution in [3.8, 4) is 0 Å². The lowest BCUT2D eigenvalue weighted by Gasteiger charge is -2.26. The number of carbonyl (C=O) groups is 2. The van der Waals surface area contributed by atoms with E-state index in [2.05, 4.69) is 11.1 Å². The predicted octanol–water partition coefficient (Wildman–Crippen LogP) is 1.88. The largest absolute Gasteiger partial charge is 0.357 e. The number of fused-ring (bicyclic) bond motifs is 4. The minimum absolute atomic E-state index is 0.0616. The lowest BCUT2D eigenvalue weighted by Crippen LogP contribution is -2.39. The molecule has 0 spiro atoms. The van der Waals surface area contributed by atoms with Crippen LogP contribution < -0.4 is 0 Å². The van der Waals surface area contributed by atoms with E-state index in [0.717, 1.165) is 16.6 Å². The Bertz CT molecular complexity index is 734. The summed E-state index contributed by atoms with van der Waals surface area (Å²) in [6, 6.07) is 7.60. The fraction of sp³-hybridized carbons (Fsp3) is 0.333. The van der Waals surface area contributed by atoms with Gasteiger partial charge in [0.1, 0.15) is 6.04 Å². The maximum atomic E-state index is 12.3. The van der Waals surface area contributed by atoms with Crippen molar-refractivity contribution in [2.45, 2.75) is 25.9 Å². The van der Waals surface area contributed by atoms with Crippen molar-refractivity contribution in [3.05, 3.63) is 35.5 Å². The maximum absolute atomic E-state index is 12.3. The van der Waals surface area contributed by atoms with Gasteiger partial charge < -0.3 is 9.88 Å². The average Bonchev–Trinajstić information content (AvgIpc) is 2.94. The number of para-hydroxylation sites is 1. The molecule has 1 N–H and O–H groups in total. The molecule has 5 nitrogen and oxygen atoms in total. The first-order chi connectivity index (χ1) is 9.70. The number of likely N-dealkylation sites (N-methyl/N-ethyl adjacent to an activating group) is 1. The summed E-state index contributed by atoms with van der Waals surface area (Å²) in [6.45, 7) is 2.78. The van der Waals surface area contributed by atoms with Crippen LogP contribution in [-0.2, 0) is 17.8 Å². The molecule has 2 aromatic rings. The van der Waals surface area contributed by atoms with Gasteiger partial charge in [-0.05, 0) is 18.6 Å². The number of hydrogen-bond donors (Lipinski definition) is 1. The average molecular weight is 269 g/mol. The third-order valence-corrected chi connectivity index (χ3v) is 4.35. The fourth-order valence-electron chi connectivity index (χ4n) is 3.35. The minimum Gasteiger partial charge on any atom is -0.357 e. The molecule has 102 valence electrons. The third-order valence-electron chi connectivity index (χ3n) is 4.35. The number of nitrogens with zero attached hydrogens (tertiary/aromatic N) is 2. The number of benzene rings is 1. The topological polar surface area (TPSA) is 56.4 Å². The van der Waals surface area contributed by atoms with Crippen molar-refractivity contribution in [2.75, 3.05) is 6.54 Å². The monoisotopic (exact) mass is 269 g/mol. The van der Waals surface area contributed by atoms with Crippen LogP contribution in [0.15, 0.2) is 24.3 Å². The van der Waals surface area contributed by atoms with Gasteiger partial charge in [-0.15, -0.1) is 0 Å². The lowest BCUT2D eigenvalue weighted by molar-refractivity contribution is -0.128. The van der Waals surface area contributed by atoms with E-state index in [-0.39, 0.29) is 18.0 Å². The van der Waals surface area contributed by atoms with Gasteiger partial charge in [-0.2, -0.15) is 0 Å². The van der Waals surface area contributed by atoms with Gasteiger partial charge in [0.25, 0.3) is 5.91 Å². The first-order valence-corrected chi connectivity index (χ1v) is 6.91. The standard InChI is InChI=1S/C15H15N3O2/c1-2-17-14(19)13-7-10-9-5-3-4-6-11(9)16-12(10)8-18(13)15(17)20/h3-6,13,16H,2,7-8H2,1H3. The number of amides is 3. The van der Waals surface area contributed by atoms with Crippen LogP contribution in [0.1, 0.15) is 18.2 Å². The number of nitrogens with one attached hydrogen (secondary N) is 1. The number of urea groups is 1. The zero-order chi connectivity index (χ0) is 13.9. The molecule has 1 saturated heterocycles. The van der Waals surface area contributed by atoms with Crippen molar-refractivity contribution in [3.63, 3.8) is 0 Å². The zero-order valence-corrected chi connectivity index (χ0v) is 11.2. The first kappa shape index (κ1) is 11.5. The van der Waals surface area contributed by atoms with E-state index < -0.39 is 0 Å². The van der Waals surface area contributed by atoms with E-state index in [1.807, 2.05) is 25.1 Å². The Kier molecular flexibility index (Phi) is 2.22. The molecule has 3 heterocycles. The van der Waals surface area contributed by atoms with Crippen LogP contribution in [0.3, 0.4) is 0 Å². The number of hydrogen-bond acceptors (Lipinski definition) is 2. The molecule has 0 bridgehead atoms. The molecule has 1 atom stereocenters. The fourth-order valence-corrected chi connectivity index (χ4v) is 3.35. The summed E-state index contributed by atoms with van der Waals surface area (Å²) in [5, 5.41) is 1.16. The van der Waals surface area contributed by atoms with E-state index in [1.54, 1.807) is 4.90 Å². The summed E-state index contributed by atoms with van der Waals surface area (Å²) >= 11 is 0. The van der Waals surface area contributed by atoms with Gasteiger partial charge in [0.2, 0.25) is 0 Å². The predicted molar refractivity (Wildman–Crippen MR) is 74.1 cm³/mol. The van der Waals surface area contributed by atoms with Crippen LogP contribution in [0.2, 0.25) is 0 Å². The van der Waals surface area contributed by atoms with Crippen molar-refractivity contribution < 1.29 is 9.59 Å². The van der Waals surface area contributed by atoms with Gasteiger partial charge in [0.05, 0.1) is 6.54 Å². The number of H-pyrrole nitrogens is 1. The molecular weight excluding hydrogens is 254 g/mol. The van der Waals surface area contributed by atoms with Crippen LogP contribution in [-0.4, -0.2) is 39.3 Å². The molecule has 2 aliphatic heterocycles. The van der Waals surface area contributed by atoms with Crippen LogP contribution in [0.5, 0.6) is 0 Å². The van der Waals surface area contributed by atoms with Crippen molar-refractivity contribution in [1.82, 2.24) is 14.8 Å². The van der Waals surface area contributed by atoms with Crippen LogP contribution in [0.25, 0.3) is 10.9 Å². The Morgan fingerprint density at radius 3 is 2.90 bits per heavy atom. The lowest BCUT2D eigenvalue weighted by atomic mass is 9.97. The third kappa shape index (κ3) is 1.32. The highest BCUT2D eigenvalue weighted by molar-refractivity contribution is 6.05. The summed E-state index contributed by atoms with van der Waals surface area (Å²) in [4.78, 5) is 30.9. The van der Waals surface area contributed by atoms with E-state index in [4.69, 9.17) is 0 Å². The molecule has 1 aromatic carbocycles. The molecule has 1 fully saturated rings. The van der Waals surface area contributed by atoms with Crippen LogP contribution >= 0.6 is 0 Å². The molecule has 4 rings (SSSR count). The number of aromatic amines is 1. The zero-order valence-electron chi connectivity index (χ0n) is 11.2. The van der Waals surface area contributed by atoms with Crippen molar-refractivity contribution >= 4 is 22.8 Å². The Labute approximate surface area is 116 Å². The van der Waals surface area contributed by atoms with Gasteiger partial charge >= 0.3 is 6.03 Å². The van der Waals surface area contributed by atoms with Crippen LogP contribution in [0.4, 0.5) is 4.79 Å². The number of carbonyl (C=O) groups excluding carboxylic acids is 2. The molecule has 1 unspecified atom stereocenters. The Balaban J connectivity index is 1.82. The second-order valence-corrected chi connectivity index (χ2v) is 5.34. The molecule has 2 aliphatic rings. The Morgan fingerprint density at radius 1 is 1.30 bits per heavy atom. The summed E-state index contributed by atoms with van der Waals surface area (Å²) in [7, 11) is 0. The van der Waals surface area contributed by atoms with Gasteiger partial charge in [-0.25, -0.2) is 4.79 Å². The number of aromatic nitrogens is 1. The van der Waals surface area contributed by atoms with E-state index >= 15 is 0 Å². The summed E-state index contributed by atoms with van der Waals surface area (Å²) in [5.74, 6) is -0.0616. The highest BCUT2D eigenvalue weighted by atomic mass is 16.2. The molecule has 0 aliphatic carbocycles. The highest BCUT2D eigenvalue weighted by Crippen LogP contribution is 2.33. The van der Waals surface area contributed by atoms with Crippen molar-refractivity contribution in [2.24, 2.45) is 0 Å². The minimum atomic E-state index is -0.325. The van der Waals surface area contributed by atoms with E-state index in [1.165, 1.54) is 10.5 Å². The SMILES string of the molecule is CCN1C(=O)C2Cc3c([nH]c4ccccc34)CN2C1=O. The number of rotatable bonds is 1. The summed E-state index contributed by atoms with van der Waals surface area (Å²) in [6.07, 6.45) is 0.612. The Hall–Kier alpha value is -2.30. The quantitative estimate of drug-likeness (QED) is 0.804. The van der Waals surface area contributed by atoms with Gasteiger partial charge in [0, 0.05) is 29.6 Å². The molecule has 5 heteroatoms. The second kappa shape index (κ2) is 3.85. The summed E-state index contributed by atoms with van der Waals surface area (Å²) in [5.41, 5.74) is 3.31. The smallest absolute Gasteiger partial charge is 0.327 e. The second-order valence-electron chi connectivity index (χ2n) is 5.34. The van der Waals surface area contributed by atoms with Crippen LogP contribution in [0, 0.1) is 0 Å². The van der Waals surface area contributed by atoms with Crippen molar-refractivity contribution in [1.29, 1.82) is 0 Å². The normalized spacial score (nSPS) is 21.6. The molecular formula is C15H15N3O2. The first-order valence-electron chi connectivity index (χ1n) is 6.91. The molecule has 1 aromatic heterocycles. The molecule has 0 radical (unpaired) electrons. The van der Waals surface area contributed by atoms with Gasteiger partial charge in [-0.3, -0.25) is 9.69 Å². The number of imide groups is 1. The molecule has 20 heavy (non-hydrogen) atoms. The summed E-state index contributed by atoms with van der Waals surface area (Å²) < 4.78 is 0. The highest BCUT2D eigenvalue weighted by Gasteiger charge is 2.47. The maximum Gasteiger partial charge on any atom is 0.327 e. The van der Waals surface area contributed by atoms with Gasteiger partial charge in [-0.1, -0.05) is 18.2 Å². The Morgan fingerprint density at radius 2 is 2.10 bits per heavy atom. The van der Waals surface area contributed by atoms with Gasteiger partial charge in [0.15, 0.2) is 0 Å². The van der Waals surface area contributed by atoms with E-state index in [0.29, 0.717) is 19.5 Å². The molecule has 3 amide bonds. The van der Waals surface area contributed by atoms with E-state index in [9.17, 15) is 9.59 Å². The molecule has 0 saturated carbocycles.